The van der Waals surface area contributed by atoms with Gasteiger partial charge in [0.25, 0.3) is 5.56 Å². The second-order valence-electron chi connectivity index (χ2n) is 7.48. The molecular formula is C22H24N6O4. The number of aryl methyl sites for hydroxylation is 2. The summed E-state index contributed by atoms with van der Waals surface area (Å²) in [5.74, 6) is 1.60. The summed E-state index contributed by atoms with van der Waals surface area (Å²) in [6.07, 6.45) is 1.59. The predicted octanol–water partition coefficient (Wildman–Crippen LogP) is 1.80. The second-order valence-corrected chi connectivity index (χ2v) is 7.48. The third-order valence-electron chi connectivity index (χ3n) is 5.13. The van der Waals surface area contributed by atoms with Crippen LogP contribution in [-0.4, -0.2) is 27.2 Å². The molecule has 3 heterocycles. The van der Waals surface area contributed by atoms with Gasteiger partial charge in [-0.3, -0.25) is 14.2 Å². The van der Waals surface area contributed by atoms with E-state index < -0.39 is 0 Å². The zero-order valence-corrected chi connectivity index (χ0v) is 18.1. The van der Waals surface area contributed by atoms with Gasteiger partial charge in [0.05, 0.1) is 5.69 Å². The first-order valence-electron chi connectivity index (χ1n) is 10.1. The summed E-state index contributed by atoms with van der Waals surface area (Å²) in [5.41, 5.74) is 9.21. The summed E-state index contributed by atoms with van der Waals surface area (Å²) in [7, 11) is 0. The van der Waals surface area contributed by atoms with E-state index in [-0.39, 0.29) is 36.4 Å². The number of pyridine rings is 1. The van der Waals surface area contributed by atoms with Gasteiger partial charge in [-0.25, -0.2) is 9.97 Å². The van der Waals surface area contributed by atoms with Gasteiger partial charge in [-0.2, -0.15) is 0 Å². The molecule has 166 valence electrons. The van der Waals surface area contributed by atoms with E-state index in [1.165, 1.54) is 11.5 Å². The van der Waals surface area contributed by atoms with E-state index in [1.54, 1.807) is 26.1 Å². The van der Waals surface area contributed by atoms with Gasteiger partial charge in [0, 0.05) is 37.6 Å². The predicted molar refractivity (Wildman–Crippen MR) is 119 cm³/mol. The highest BCUT2D eigenvalue weighted by Gasteiger charge is 2.16. The lowest BCUT2D eigenvalue weighted by Crippen LogP contribution is -2.27. The fourth-order valence-electron chi connectivity index (χ4n) is 3.43. The van der Waals surface area contributed by atoms with Crippen LogP contribution in [0.15, 0.2) is 35.3 Å². The van der Waals surface area contributed by atoms with Crippen LogP contribution in [0.25, 0.3) is 5.69 Å². The summed E-state index contributed by atoms with van der Waals surface area (Å²) >= 11 is 0. The van der Waals surface area contributed by atoms with Crippen molar-refractivity contribution in [3.05, 3.63) is 63.3 Å². The third kappa shape index (κ3) is 4.20. The molecule has 3 aromatic rings. The maximum absolute atomic E-state index is 13.3. The Bertz CT molecular complexity index is 1250. The van der Waals surface area contributed by atoms with E-state index in [0.29, 0.717) is 35.1 Å². The molecule has 2 aromatic heterocycles. The second kappa shape index (κ2) is 8.58. The Morgan fingerprint density at radius 3 is 2.75 bits per heavy atom. The SMILES string of the molecule is CC(=O)NCc1cc(-n2c(C)cnc(NCc3ccc4c(c3)OCO4)c2=O)c(N)nc1C. The van der Waals surface area contributed by atoms with Gasteiger partial charge in [-0.05, 0) is 43.2 Å². The summed E-state index contributed by atoms with van der Waals surface area (Å²) in [5, 5.41) is 5.83. The van der Waals surface area contributed by atoms with Gasteiger partial charge < -0.3 is 25.8 Å². The number of nitrogens with one attached hydrogen (secondary N) is 2. The number of anilines is 2. The average Bonchev–Trinajstić information content (AvgIpc) is 3.21. The molecule has 1 aromatic carbocycles. The number of nitrogens with two attached hydrogens (primary N) is 1. The summed E-state index contributed by atoms with van der Waals surface area (Å²) in [6.45, 7) is 5.87. The van der Waals surface area contributed by atoms with Crippen LogP contribution in [0.2, 0.25) is 0 Å². The molecule has 4 N–H and O–H groups in total. The normalized spacial score (nSPS) is 12.0. The average molecular weight is 436 g/mol. The Labute approximate surface area is 184 Å². The van der Waals surface area contributed by atoms with Crippen LogP contribution in [0.3, 0.4) is 0 Å². The molecule has 1 aliphatic rings. The van der Waals surface area contributed by atoms with Crippen molar-refractivity contribution < 1.29 is 14.3 Å². The van der Waals surface area contributed by atoms with Gasteiger partial charge in [0.1, 0.15) is 5.82 Å². The maximum atomic E-state index is 13.3. The Kier molecular flexibility index (Phi) is 5.67. The van der Waals surface area contributed by atoms with E-state index in [0.717, 1.165) is 11.1 Å². The molecule has 0 atom stereocenters. The van der Waals surface area contributed by atoms with Crippen molar-refractivity contribution in [3.8, 4) is 17.2 Å². The minimum Gasteiger partial charge on any atom is -0.454 e. The molecular weight excluding hydrogens is 412 g/mol. The molecule has 10 nitrogen and oxygen atoms in total. The van der Waals surface area contributed by atoms with Crippen molar-refractivity contribution in [1.29, 1.82) is 0 Å². The highest BCUT2D eigenvalue weighted by molar-refractivity contribution is 5.73. The minimum atomic E-state index is -0.353. The third-order valence-corrected chi connectivity index (χ3v) is 5.13. The first-order chi connectivity index (χ1) is 15.3. The molecule has 0 saturated carbocycles. The van der Waals surface area contributed by atoms with Crippen molar-refractivity contribution in [3.63, 3.8) is 0 Å². The smallest absolute Gasteiger partial charge is 0.298 e. The monoisotopic (exact) mass is 436 g/mol. The number of ether oxygens (including phenoxy) is 2. The molecule has 1 amide bonds. The van der Waals surface area contributed by atoms with Gasteiger partial charge >= 0.3 is 0 Å². The molecule has 0 spiro atoms. The van der Waals surface area contributed by atoms with Crippen LogP contribution < -0.4 is 31.4 Å². The molecule has 0 unspecified atom stereocenters. The lowest BCUT2D eigenvalue weighted by Gasteiger charge is -2.16. The van der Waals surface area contributed by atoms with Crippen molar-refractivity contribution in [2.75, 3.05) is 17.8 Å². The van der Waals surface area contributed by atoms with Crippen LogP contribution in [0.5, 0.6) is 11.5 Å². The van der Waals surface area contributed by atoms with Gasteiger partial charge in [0.15, 0.2) is 17.3 Å². The molecule has 10 heteroatoms. The van der Waals surface area contributed by atoms with Crippen molar-refractivity contribution >= 4 is 17.5 Å². The van der Waals surface area contributed by atoms with E-state index in [9.17, 15) is 9.59 Å². The van der Waals surface area contributed by atoms with Crippen LogP contribution in [0, 0.1) is 13.8 Å². The molecule has 32 heavy (non-hydrogen) atoms. The summed E-state index contributed by atoms with van der Waals surface area (Å²) in [6, 6.07) is 7.35. The topological polar surface area (TPSA) is 133 Å². The van der Waals surface area contributed by atoms with Gasteiger partial charge in [-0.1, -0.05) is 6.07 Å². The molecule has 0 radical (unpaired) electrons. The number of rotatable bonds is 6. The number of hydrogen-bond acceptors (Lipinski definition) is 8. The van der Waals surface area contributed by atoms with Gasteiger partial charge in [0.2, 0.25) is 12.7 Å². The fourth-order valence-corrected chi connectivity index (χ4v) is 3.43. The van der Waals surface area contributed by atoms with Crippen LogP contribution in [0.1, 0.15) is 29.4 Å². The highest BCUT2D eigenvalue weighted by Crippen LogP contribution is 2.32. The maximum Gasteiger partial charge on any atom is 0.298 e. The van der Waals surface area contributed by atoms with E-state index in [1.807, 2.05) is 18.2 Å². The number of aromatic nitrogens is 3. The minimum absolute atomic E-state index is 0.157. The largest absolute Gasteiger partial charge is 0.454 e. The van der Waals surface area contributed by atoms with Crippen LogP contribution >= 0.6 is 0 Å². The highest BCUT2D eigenvalue weighted by atomic mass is 16.7. The lowest BCUT2D eigenvalue weighted by molar-refractivity contribution is -0.119. The van der Waals surface area contributed by atoms with Crippen molar-refractivity contribution in [2.45, 2.75) is 33.9 Å². The Morgan fingerprint density at radius 1 is 1.19 bits per heavy atom. The number of amides is 1. The van der Waals surface area contributed by atoms with E-state index in [4.69, 9.17) is 15.2 Å². The van der Waals surface area contributed by atoms with E-state index in [2.05, 4.69) is 20.6 Å². The number of hydrogen-bond donors (Lipinski definition) is 3. The molecule has 0 aliphatic carbocycles. The number of fused-ring (bicyclic) bond motifs is 1. The number of carbonyl (C=O) groups is 1. The van der Waals surface area contributed by atoms with Crippen molar-refractivity contribution in [2.24, 2.45) is 0 Å². The Balaban J connectivity index is 1.64. The Morgan fingerprint density at radius 2 is 1.97 bits per heavy atom. The molecule has 1 aliphatic heterocycles. The van der Waals surface area contributed by atoms with Crippen LogP contribution in [-0.2, 0) is 17.9 Å². The molecule has 4 rings (SSSR count). The number of nitrogen functional groups attached to an aromatic ring is 1. The quantitative estimate of drug-likeness (QED) is 0.533. The number of benzene rings is 1. The van der Waals surface area contributed by atoms with Crippen LogP contribution in [0.4, 0.5) is 11.6 Å². The molecule has 0 saturated heterocycles. The van der Waals surface area contributed by atoms with E-state index >= 15 is 0 Å². The fraction of sp³-hybridized carbons (Fsp3) is 0.273. The first kappa shape index (κ1) is 21.2. The molecule has 0 fully saturated rings. The number of carbonyl (C=O) groups excluding carboxylic acids is 1. The Hall–Kier alpha value is -4.08. The van der Waals surface area contributed by atoms with Gasteiger partial charge in [-0.15, -0.1) is 0 Å². The number of nitrogens with zero attached hydrogens (tertiary/aromatic N) is 3. The first-order valence-corrected chi connectivity index (χ1v) is 10.1. The lowest BCUT2D eigenvalue weighted by atomic mass is 10.1. The summed E-state index contributed by atoms with van der Waals surface area (Å²) < 4.78 is 12.2. The summed E-state index contributed by atoms with van der Waals surface area (Å²) in [4.78, 5) is 33.2. The van der Waals surface area contributed by atoms with Crippen molar-refractivity contribution in [1.82, 2.24) is 19.9 Å². The standard InChI is InChI=1S/C22H24N6O4/c1-12-8-25-21(26-9-15-4-5-18-19(6-15)32-11-31-18)22(30)28(12)17-7-16(10-24-14(3)29)13(2)27-20(17)23/h4-8H,9-11H2,1-3H3,(H2,23,27)(H,24,29)(H,25,26). The zero-order valence-electron chi connectivity index (χ0n) is 18.1. The molecule has 0 bridgehead atoms. The zero-order chi connectivity index (χ0) is 22.8.